The number of amides is 1. The number of halogens is 1. The summed E-state index contributed by atoms with van der Waals surface area (Å²) >= 11 is 1.28. The topological polar surface area (TPSA) is 73.0 Å². The quantitative estimate of drug-likeness (QED) is 0.595. The number of hydrogen-bond donors (Lipinski definition) is 1. The summed E-state index contributed by atoms with van der Waals surface area (Å²) in [4.78, 5) is 12.1. The number of hydrogen-bond acceptors (Lipinski definition) is 5. The van der Waals surface area contributed by atoms with Crippen molar-refractivity contribution in [3.8, 4) is 11.4 Å². The average molecular weight is 388 g/mol. The van der Waals surface area contributed by atoms with Gasteiger partial charge in [-0.1, -0.05) is 37.7 Å². The van der Waals surface area contributed by atoms with E-state index in [0.717, 1.165) is 0 Å². The number of carbonyl (C=O) groups is 1. The first-order valence-electron chi connectivity index (χ1n) is 8.64. The maximum atomic E-state index is 14.2. The number of aromatic nitrogens is 3. The third kappa shape index (κ3) is 4.97. The third-order valence-corrected chi connectivity index (χ3v) is 4.72. The van der Waals surface area contributed by atoms with E-state index in [2.05, 4.69) is 29.4 Å². The molecular formula is C19H21FN4O2S. The summed E-state index contributed by atoms with van der Waals surface area (Å²) in [7, 11) is 0. The van der Waals surface area contributed by atoms with Crippen molar-refractivity contribution < 1.29 is 13.6 Å². The van der Waals surface area contributed by atoms with Gasteiger partial charge in [0.05, 0.1) is 24.1 Å². The van der Waals surface area contributed by atoms with E-state index in [1.165, 1.54) is 17.8 Å². The number of rotatable bonds is 8. The van der Waals surface area contributed by atoms with Gasteiger partial charge in [-0.25, -0.2) is 4.39 Å². The molecule has 27 heavy (non-hydrogen) atoms. The summed E-state index contributed by atoms with van der Waals surface area (Å²) in [6.07, 6.45) is 1.56. The molecule has 8 heteroatoms. The zero-order chi connectivity index (χ0) is 19.2. The summed E-state index contributed by atoms with van der Waals surface area (Å²) in [5.74, 6) is 1.19. The van der Waals surface area contributed by atoms with E-state index < -0.39 is 0 Å². The molecular weight excluding hydrogens is 367 g/mol. The summed E-state index contributed by atoms with van der Waals surface area (Å²) in [6, 6.07) is 10.1. The fraction of sp³-hybridized carbons (Fsp3) is 0.316. The van der Waals surface area contributed by atoms with Crippen molar-refractivity contribution in [1.29, 1.82) is 0 Å². The van der Waals surface area contributed by atoms with Gasteiger partial charge in [0.25, 0.3) is 0 Å². The Kier molecular flexibility index (Phi) is 6.28. The number of thioether (sulfide) groups is 1. The van der Waals surface area contributed by atoms with Crippen LogP contribution >= 0.6 is 11.8 Å². The van der Waals surface area contributed by atoms with Gasteiger partial charge in [0.2, 0.25) is 5.91 Å². The van der Waals surface area contributed by atoms with Gasteiger partial charge >= 0.3 is 0 Å². The van der Waals surface area contributed by atoms with Gasteiger partial charge < -0.3 is 14.3 Å². The van der Waals surface area contributed by atoms with Crippen molar-refractivity contribution in [3.05, 3.63) is 54.2 Å². The van der Waals surface area contributed by atoms with Crippen LogP contribution in [0.2, 0.25) is 0 Å². The highest BCUT2D eigenvalue weighted by atomic mass is 32.2. The lowest BCUT2D eigenvalue weighted by Crippen LogP contribution is -2.24. The Balaban J connectivity index is 1.71. The lowest BCUT2D eigenvalue weighted by Gasteiger charge is -2.12. The highest BCUT2D eigenvalue weighted by Crippen LogP contribution is 2.26. The zero-order valence-corrected chi connectivity index (χ0v) is 16.0. The number of carbonyl (C=O) groups excluding carboxylic acids is 1. The number of benzene rings is 1. The van der Waals surface area contributed by atoms with Gasteiger partial charge in [-0.3, -0.25) is 4.79 Å². The highest BCUT2D eigenvalue weighted by Gasteiger charge is 2.18. The van der Waals surface area contributed by atoms with Crippen LogP contribution in [0.1, 0.15) is 19.6 Å². The Morgan fingerprint density at radius 1 is 1.26 bits per heavy atom. The lowest BCUT2D eigenvalue weighted by molar-refractivity contribution is -0.118. The molecule has 6 nitrogen and oxygen atoms in total. The molecule has 2 heterocycles. The molecule has 0 fully saturated rings. The second kappa shape index (κ2) is 8.85. The molecule has 0 atom stereocenters. The van der Waals surface area contributed by atoms with Gasteiger partial charge in [0, 0.05) is 6.54 Å². The first kappa shape index (κ1) is 19.2. The van der Waals surface area contributed by atoms with E-state index in [1.54, 1.807) is 36.6 Å². The van der Waals surface area contributed by atoms with Gasteiger partial charge in [0.1, 0.15) is 11.6 Å². The fourth-order valence-corrected chi connectivity index (χ4v) is 3.32. The number of nitrogens with one attached hydrogen (secondary N) is 1. The third-order valence-electron chi connectivity index (χ3n) is 3.75. The maximum absolute atomic E-state index is 14.2. The molecule has 0 saturated heterocycles. The van der Waals surface area contributed by atoms with Gasteiger partial charge in [-0.05, 0) is 30.2 Å². The van der Waals surface area contributed by atoms with E-state index in [4.69, 9.17) is 4.42 Å². The van der Waals surface area contributed by atoms with Crippen LogP contribution in [0, 0.1) is 11.7 Å². The molecule has 142 valence electrons. The first-order chi connectivity index (χ1) is 13.0. The lowest BCUT2D eigenvalue weighted by atomic mass is 10.2. The number of furan rings is 1. The Morgan fingerprint density at radius 2 is 2.07 bits per heavy atom. The van der Waals surface area contributed by atoms with Gasteiger partial charge in [-0.15, -0.1) is 10.2 Å². The van der Waals surface area contributed by atoms with Crippen molar-refractivity contribution in [2.75, 3.05) is 5.75 Å². The minimum absolute atomic E-state index is 0.136. The standard InChI is InChI=1S/C19H21FN4O2S/c1-13(2)11-24-18(15-7-3-4-8-16(15)20)22-23-19(24)27-12-17(25)21-10-14-6-5-9-26-14/h3-9,13H,10-12H2,1-2H3,(H,21,25). The fourth-order valence-electron chi connectivity index (χ4n) is 2.55. The molecule has 0 spiro atoms. The van der Waals surface area contributed by atoms with Crippen LogP contribution in [0.4, 0.5) is 4.39 Å². The summed E-state index contributed by atoms with van der Waals surface area (Å²) in [5.41, 5.74) is 0.403. The molecule has 0 aliphatic heterocycles. The van der Waals surface area contributed by atoms with Crippen LogP contribution in [-0.4, -0.2) is 26.4 Å². The maximum Gasteiger partial charge on any atom is 0.230 e. The van der Waals surface area contributed by atoms with Gasteiger partial charge in [0.15, 0.2) is 11.0 Å². The van der Waals surface area contributed by atoms with E-state index >= 15 is 0 Å². The van der Waals surface area contributed by atoms with Crippen LogP contribution in [0.3, 0.4) is 0 Å². The van der Waals surface area contributed by atoms with Crippen LogP contribution in [0.15, 0.2) is 52.2 Å². The van der Waals surface area contributed by atoms with Crippen molar-refractivity contribution in [2.45, 2.75) is 32.1 Å². The zero-order valence-electron chi connectivity index (χ0n) is 15.2. The molecule has 3 rings (SSSR count). The first-order valence-corrected chi connectivity index (χ1v) is 9.63. The minimum Gasteiger partial charge on any atom is -0.467 e. The predicted molar refractivity (Wildman–Crippen MR) is 102 cm³/mol. The monoisotopic (exact) mass is 388 g/mol. The number of nitrogens with zero attached hydrogens (tertiary/aromatic N) is 3. The molecule has 1 aromatic carbocycles. The molecule has 0 unspecified atom stereocenters. The van der Waals surface area contributed by atoms with Crippen LogP contribution in [-0.2, 0) is 17.9 Å². The average Bonchev–Trinajstić information content (AvgIpc) is 3.28. The molecule has 0 aliphatic carbocycles. The molecule has 3 aromatic rings. The smallest absolute Gasteiger partial charge is 0.230 e. The Bertz CT molecular complexity index is 893. The Hall–Kier alpha value is -2.61. The van der Waals surface area contributed by atoms with E-state index in [-0.39, 0.29) is 17.5 Å². The van der Waals surface area contributed by atoms with Gasteiger partial charge in [-0.2, -0.15) is 0 Å². The molecule has 0 radical (unpaired) electrons. The minimum atomic E-state index is -0.345. The Labute approximate surface area is 161 Å². The van der Waals surface area contributed by atoms with Crippen molar-refractivity contribution in [2.24, 2.45) is 5.92 Å². The van der Waals surface area contributed by atoms with E-state index in [9.17, 15) is 9.18 Å². The Morgan fingerprint density at radius 3 is 2.78 bits per heavy atom. The second-order valence-electron chi connectivity index (χ2n) is 6.44. The molecule has 0 saturated carbocycles. The summed E-state index contributed by atoms with van der Waals surface area (Å²) < 4.78 is 21.2. The van der Waals surface area contributed by atoms with Crippen LogP contribution in [0.5, 0.6) is 0 Å². The SMILES string of the molecule is CC(C)Cn1c(SCC(=O)NCc2ccco2)nnc1-c1ccccc1F. The molecule has 1 N–H and O–H groups in total. The summed E-state index contributed by atoms with van der Waals surface area (Å²) in [6.45, 7) is 5.10. The van der Waals surface area contributed by atoms with Crippen molar-refractivity contribution in [1.82, 2.24) is 20.1 Å². The largest absolute Gasteiger partial charge is 0.467 e. The molecule has 2 aromatic heterocycles. The van der Waals surface area contributed by atoms with Crippen LogP contribution in [0.25, 0.3) is 11.4 Å². The normalized spacial score (nSPS) is 11.1. The second-order valence-corrected chi connectivity index (χ2v) is 7.38. The summed E-state index contributed by atoms with van der Waals surface area (Å²) in [5, 5.41) is 11.7. The van der Waals surface area contributed by atoms with E-state index in [1.807, 2.05) is 4.57 Å². The molecule has 1 amide bonds. The van der Waals surface area contributed by atoms with E-state index in [0.29, 0.717) is 41.3 Å². The molecule has 0 bridgehead atoms. The van der Waals surface area contributed by atoms with Crippen LogP contribution < -0.4 is 5.32 Å². The van der Waals surface area contributed by atoms with Crippen molar-refractivity contribution in [3.63, 3.8) is 0 Å². The highest BCUT2D eigenvalue weighted by molar-refractivity contribution is 7.99. The van der Waals surface area contributed by atoms with Crippen molar-refractivity contribution >= 4 is 17.7 Å². The molecule has 0 aliphatic rings. The predicted octanol–water partition coefficient (Wildman–Crippen LogP) is 3.74.